The highest BCUT2D eigenvalue weighted by atomic mass is 28.1. The van der Waals surface area contributed by atoms with Crippen LogP contribution in [0.1, 0.15) is 40.5 Å². The summed E-state index contributed by atoms with van der Waals surface area (Å²) in [6.45, 7) is 3.26. The molecule has 1 aliphatic heterocycles. The van der Waals surface area contributed by atoms with Crippen molar-refractivity contribution in [3.05, 3.63) is 0 Å². The first-order valence-corrected chi connectivity index (χ1v) is 5.41. The smallest absolute Gasteiger partial charge is 0.380 e. The van der Waals surface area contributed by atoms with Gasteiger partial charge in [-0.25, -0.2) is 0 Å². The van der Waals surface area contributed by atoms with Crippen LogP contribution in [0.2, 0.25) is 0 Å². The van der Waals surface area contributed by atoms with Crippen LogP contribution in [0.3, 0.4) is 0 Å². The van der Waals surface area contributed by atoms with Crippen molar-refractivity contribution in [2.24, 2.45) is 0 Å². The summed E-state index contributed by atoms with van der Waals surface area (Å²) in [4.78, 5) is 0. The van der Waals surface area contributed by atoms with Crippen LogP contribution >= 0.6 is 0 Å². The number of hydrogen-bond acceptors (Lipinski definition) is 1. The molecule has 0 aromatic carbocycles. The summed E-state index contributed by atoms with van der Waals surface area (Å²) in [7, 11) is 1.22. The van der Waals surface area contributed by atoms with Crippen molar-refractivity contribution in [1.82, 2.24) is 0 Å². The van der Waals surface area contributed by atoms with Crippen LogP contribution in [0.15, 0.2) is 0 Å². The van der Waals surface area contributed by atoms with Gasteiger partial charge in [-0.05, 0) is 25.7 Å². The molecule has 0 bridgehead atoms. The van der Waals surface area contributed by atoms with E-state index in [1.807, 2.05) is 0 Å². The van der Waals surface area contributed by atoms with Gasteiger partial charge in [0.15, 0.2) is 0 Å². The van der Waals surface area contributed by atoms with E-state index in [0.717, 1.165) is 6.61 Å². The first-order chi connectivity index (χ1) is 4.77. The van der Waals surface area contributed by atoms with E-state index in [2.05, 4.69) is 6.92 Å². The molecule has 0 saturated carbocycles. The first-order valence-electron chi connectivity index (χ1n) is 4.41. The normalized spacial score (nSPS) is 34.5. The molecule has 1 aliphatic rings. The Morgan fingerprint density at radius 1 is 1.60 bits per heavy atom. The highest BCUT2D eigenvalue weighted by Gasteiger charge is 2.25. The fraction of sp³-hybridized carbons (Fsp3) is 1.00. The Balaban J connectivity index is 0.000001000. The second-order valence-electron chi connectivity index (χ2n) is 3.51. The van der Waals surface area contributed by atoms with E-state index >= 15 is 0 Å². The van der Waals surface area contributed by atoms with Crippen LogP contribution in [-0.4, -0.2) is 22.1 Å². The minimum absolute atomic E-state index is 0. The Kier molecular flexibility index (Phi) is 2.92. The van der Waals surface area contributed by atoms with Crippen molar-refractivity contribution in [2.75, 3.05) is 6.61 Å². The third-order valence-electron chi connectivity index (χ3n) is 2.33. The van der Waals surface area contributed by atoms with Gasteiger partial charge in [0.25, 0.3) is 0 Å². The molecule has 0 spiro atoms. The molecule has 10 heavy (non-hydrogen) atoms. The lowest BCUT2D eigenvalue weighted by molar-refractivity contribution is -0.0229. The molecular weight excluding hydrogens is 140 g/mol. The molecule has 0 radical (unpaired) electrons. The van der Waals surface area contributed by atoms with E-state index in [9.17, 15) is 0 Å². The molecule has 1 atom stereocenters. The Labute approximate surface area is 68.1 Å². The maximum atomic E-state index is 5.77. The third-order valence-corrected chi connectivity index (χ3v) is 3.62. The summed E-state index contributed by atoms with van der Waals surface area (Å²) in [6, 6.07) is 0. The monoisotopic (exact) mass is 159 g/mol. The van der Waals surface area contributed by atoms with Crippen LogP contribution < -0.4 is 0 Å². The van der Waals surface area contributed by atoms with Crippen molar-refractivity contribution in [3.63, 3.8) is 0 Å². The van der Waals surface area contributed by atoms with E-state index in [0.29, 0.717) is 5.22 Å². The minimum atomic E-state index is 0. The van der Waals surface area contributed by atoms with Gasteiger partial charge in [0, 0.05) is 22.1 Å². The van der Waals surface area contributed by atoms with Crippen LogP contribution in [0.5, 0.6) is 0 Å². The molecule has 2 heteroatoms. The van der Waals surface area contributed by atoms with Gasteiger partial charge in [-0.15, -0.1) is 0 Å². The zero-order valence-corrected chi connectivity index (χ0v) is 9.15. The predicted octanol–water partition coefficient (Wildman–Crippen LogP) is 1.16. The van der Waals surface area contributed by atoms with Gasteiger partial charge in [-0.2, -0.15) is 0 Å². The van der Waals surface area contributed by atoms with Crippen molar-refractivity contribution < 1.29 is 6.16 Å². The number of hydrogen-bond donors (Lipinski definition) is 0. The van der Waals surface area contributed by atoms with Crippen LogP contribution in [0.4, 0.5) is 0 Å². The standard InChI is InChI=1S/C8H18OSi/c1-2-5-8(10)6-3-4-7-9-8/h2-7H2,1,10H3/p+1. The quantitative estimate of drug-likeness (QED) is 0.549. The Morgan fingerprint density at radius 3 is 2.90 bits per heavy atom. The Hall–Kier alpha value is 0.177. The van der Waals surface area contributed by atoms with Crippen molar-refractivity contribution in [3.8, 4) is 0 Å². The molecule has 1 rings (SSSR count). The van der Waals surface area contributed by atoms with Crippen LogP contribution in [0, 0.1) is 0 Å². The van der Waals surface area contributed by atoms with Gasteiger partial charge in [0.1, 0.15) is 0 Å². The van der Waals surface area contributed by atoms with E-state index in [4.69, 9.17) is 4.74 Å². The Bertz CT molecular complexity index is 96.8. The van der Waals surface area contributed by atoms with E-state index < -0.39 is 0 Å². The lowest BCUT2D eigenvalue weighted by Crippen LogP contribution is -2.36. The first kappa shape index (κ1) is 8.28. The van der Waals surface area contributed by atoms with Crippen molar-refractivity contribution in [1.29, 1.82) is 0 Å². The lowest BCUT2D eigenvalue weighted by atomic mass is 10.0. The summed E-state index contributed by atoms with van der Waals surface area (Å²) in [6.07, 6.45) is 6.58. The predicted molar refractivity (Wildman–Crippen MR) is 48.5 cm³/mol. The summed E-state index contributed by atoms with van der Waals surface area (Å²) in [5.74, 6) is 0. The fourth-order valence-electron chi connectivity index (χ4n) is 1.72. The molecule has 0 aromatic heterocycles. The molecular formula is C8H19OSi+. The highest BCUT2D eigenvalue weighted by molar-refractivity contribution is 6.14. The van der Waals surface area contributed by atoms with E-state index in [1.54, 1.807) is 0 Å². The van der Waals surface area contributed by atoms with Gasteiger partial charge in [-0.3, -0.25) is 0 Å². The lowest BCUT2D eigenvalue weighted by Gasteiger charge is -2.33. The summed E-state index contributed by atoms with van der Waals surface area (Å²) in [5.41, 5.74) is 0. The molecule has 0 amide bonds. The van der Waals surface area contributed by atoms with Gasteiger partial charge in [0.05, 0.1) is 0 Å². The average Bonchev–Trinajstić information content (AvgIpc) is 1.89. The molecule has 0 aromatic rings. The van der Waals surface area contributed by atoms with Crippen molar-refractivity contribution in [2.45, 2.75) is 44.3 Å². The topological polar surface area (TPSA) is 9.23 Å². The van der Waals surface area contributed by atoms with E-state index in [-0.39, 0.29) is 1.43 Å². The molecule has 1 heterocycles. The van der Waals surface area contributed by atoms with Gasteiger partial charge < -0.3 is 4.74 Å². The zero-order chi connectivity index (χ0) is 7.45. The molecule has 0 N–H and O–H groups in total. The molecule has 1 nitrogen and oxygen atoms in total. The molecule has 1 fully saturated rings. The SMILES string of the molecule is CCCC1([SiH3])CCCCO1.[H+]. The van der Waals surface area contributed by atoms with Gasteiger partial charge in [0.2, 0.25) is 0 Å². The average molecular weight is 159 g/mol. The number of ether oxygens (including phenoxy) is 1. The highest BCUT2D eigenvalue weighted by Crippen LogP contribution is 2.25. The zero-order valence-electron chi connectivity index (χ0n) is 8.15. The van der Waals surface area contributed by atoms with Gasteiger partial charge >= 0.3 is 1.43 Å². The van der Waals surface area contributed by atoms with Gasteiger partial charge in [-0.1, -0.05) is 13.3 Å². The van der Waals surface area contributed by atoms with Crippen LogP contribution in [-0.2, 0) is 4.74 Å². The minimum Gasteiger partial charge on any atom is -0.380 e. The molecule has 1 saturated heterocycles. The molecule has 1 unspecified atom stereocenters. The van der Waals surface area contributed by atoms with Crippen molar-refractivity contribution >= 4 is 10.2 Å². The van der Waals surface area contributed by atoms with Crippen LogP contribution in [0.25, 0.3) is 0 Å². The molecule has 60 valence electrons. The fourth-order valence-corrected chi connectivity index (χ4v) is 2.78. The Morgan fingerprint density at radius 2 is 2.40 bits per heavy atom. The second-order valence-corrected chi connectivity index (χ2v) is 5.33. The number of rotatable bonds is 2. The summed E-state index contributed by atoms with van der Waals surface area (Å²) < 4.78 is 5.77. The molecule has 0 aliphatic carbocycles. The largest absolute Gasteiger partial charge is 1.00 e. The summed E-state index contributed by atoms with van der Waals surface area (Å²) in [5, 5.41) is 0.368. The second kappa shape index (κ2) is 3.53. The maximum absolute atomic E-state index is 5.77. The third kappa shape index (κ3) is 2.10. The van der Waals surface area contributed by atoms with E-state index in [1.165, 1.54) is 42.3 Å². The maximum Gasteiger partial charge on any atom is 1.00 e. The summed E-state index contributed by atoms with van der Waals surface area (Å²) >= 11 is 0.